The monoisotopic (exact) mass is 207 g/mol. The normalized spacial score (nSPS) is 10.8. The van der Waals surface area contributed by atoms with Gasteiger partial charge in [0.05, 0.1) is 16.0 Å². The van der Waals surface area contributed by atoms with E-state index in [2.05, 4.69) is 4.98 Å². The van der Waals surface area contributed by atoms with Crippen LogP contribution in [0.25, 0.3) is 11.0 Å². The molecule has 0 fully saturated rings. The first-order valence-corrected chi connectivity index (χ1v) is 4.34. The van der Waals surface area contributed by atoms with Gasteiger partial charge in [0.25, 0.3) is 5.69 Å². The topological polar surface area (TPSA) is 80.9 Å². The second kappa shape index (κ2) is 2.94. The largest absolute Gasteiger partial charge is 0.326 e. The number of nitrogens with zero attached hydrogens (tertiary/aromatic N) is 2. The number of benzene rings is 1. The van der Waals surface area contributed by atoms with Gasteiger partial charge in [-0.05, 0) is 13.0 Å². The van der Waals surface area contributed by atoms with Crippen LogP contribution in [-0.4, -0.2) is 14.5 Å². The Kier molecular flexibility index (Phi) is 1.85. The number of hydrogen-bond donors (Lipinski definition) is 1. The zero-order valence-electron chi connectivity index (χ0n) is 8.27. The van der Waals surface area contributed by atoms with Crippen molar-refractivity contribution in [3.8, 4) is 0 Å². The number of aromatic nitrogens is 2. The van der Waals surface area contributed by atoms with Gasteiger partial charge in [-0.1, -0.05) is 0 Å². The molecule has 2 aromatic rings. The number of nitro benzene ring substituents is 1. The summed E-state index contributed by atoms with van der Waals surface area (Å²) in [7, 11) is 1.62. The molecule has 0 bridgehead atoms. The second-order valence-corrected chi connectivity index (χ2v) is 3.40. The molecule has 0 saturated heterocycles. The first-order valence-electron chi connectivity index (χ1n) is 4.34. The van der Waals surface area contributed by atoms with Gasteiger partial charge in [0.1, 0.15) is 0 Å². The van der Waals surface area contributed by atoms with E-state index in [0.717, 1.165) is 0 Å². The number of fused-ring (bicyclic) bond motifs is 1. The molecule has 6 nitrogen and oxygen atoms in total. The Morgan fingerprint density at radius 3 is 2.73 bits per heavy atom. The first kappa shape index (κ1) is 9.45. The summed E-state index contributed by atoms with van der Waals surface area (Å²) in [6.07, 6.45) is 0. The number of imidazole rings is 1. The van der Waals surface area contributed by atoms with Gasteiger partial charge in [0.2, 0.25) is 0 Å². The van der Waals surface area contributed by atoms with E-state index in [0.29, 0.717) is 16.6 Å². The van der Waals surface area contributed by atoms with Gasteiger partial charge in [-0.25, -0.2) is 4.79 Å². The fourth-order valence-corrected chi connectivity index (χ4v) is 1.56. The van der Waals surface area contributed by atoms with Crippen molar-refractivity contribution in [2.75, 3.05) is 0 Å². The molecule has 15 heavy (non-hydrogen) atoms. The minimum absolute atomic E-state index is 0.0179. The molecule has 6 heteroatoms. The average Bonchev–Trinajstić information content (AvgIpc) is 2.43. The summed E-state index contributed by atoms with van der Waals surface area (Å²) in [4.78, 5) is 24.0. The lowest BCUT2D eigenvalue weighted by Gasteiger charge is -1.98. The Bertz CT molecular complexity index is 609. The summed E-state index contributed by atoms with van der Waals surface area (Å²) in [5.74, 6) is 0. The van der Waals surface area contributed by atoms with Gasteiger partial charge < -0.3 is 4.98 Å². The van der Waals surface area contributed by atoms with Gasteiger partial charge in [0.15, 0.2) is 0 Å². The molecular weight excluding hydrogens is 198 g/mol. The molecule has 78 valence electrons. The van der Waals surface area contributed by atoms with Gasteiger partial charge in [-0.15, -0.1) is 0 Å². The molecule has 2 rings (SSSR count). The van der Waals surface area contributed by atoms with Crippen LogP contribution in [0.1, 0.15) is 5.56 Å². The summed E-state index contributed by atoms with van der Waals surface area (Å²) in [6.45, 7) is 1.65. The van der Waals surface area contributed by atoms with Gasteiger partial charge in [0, 0.05) is 18.7 Å². The Labute approximate surface area is 84.3 Å². The van der Waals surface area contributed by atoms with Crippen LogP contribution in [0.2, 0.25) is 0 Å². The molecular formula is C9H9N3O3. The van der Waals surface area contributed by atoms with Crippen molar-refractivity contribution in [3.05, 3.63) is 38.3 Å². The third kappa shape index (κ3) is 1.30. The molecule has 1 N–H and O–H groups in total. The number of nitrogens with one attached hydrogen (secondary N) is 1. The zero-order chi connectivity index (χ0) is 11.2. The van der Waals surface area contributed by atoms with Crippen molar-refractivity contribution in [1.29, 1.82) is 0 Å². The Balaban J connectivity index is 2.88. The van der Waals surface area contributed by atoms with Crippen molar-refractivity contribution in [1.82, 2.24) is 9.55 Å². The van der Waals surface area contributed by atoms with Crippen LogP contribution < -0.4 is 5.69 Å². The van der Waals surface area contributed by atoms with Crippen LogP contribution in [0.3, 0.4) is 0 Å². The van der Waals surface area contributed by atoms with Crippen LogP contribution in [0, 0.1) is 17.0 Å². The van der Waals surface area contributed by atoms with Crippen LogP contribution in [0.5, 0.6) is 0 Å². The van der Waals surface area contributed by atoms with Gasteiger partial charge >= 0.3 is 5.69 Å². The quantitative estimate of drug-likeness (QED) is 0.561. The SMILES string of the molecule is Cc1cc2c(cc1[N+](=O)[O-])[nH]c(=O)n2C. The minimum atomic E-state index is -0.458. The Morgan fingerprint density at radius 2 is 2.13 bits per heavy atom. The standard InChI is InChI=1S/C9H9N3O3/c1-5-3-8-6(4-7(5)12(14)15)10-9(13)11(8)2/h3-4H,1-2H3,(H,10,13). The molecule has 0 saturated carbocycles. The summed E-state index contributed by atoms with van der Waals surface area (Å²) in [5, 5.41) is 10.7. The van der Waals surface area contributed by atoms with Crippen LogP contribution >= 0.6 is 0 Å². The van der Waals surface area contributed by atoms with E-state index in [4.69, 9.17) is 0 Å². The van der Waals surface area contributed by atoms with Crippen molar-refractivity contribution >= 4 is 16.7 Å². The van der Waals surface area contributed by atoms with Crippen LogP contribution in [0.15, 0.2) is 16.9 Å². The lowest BCUT2D eigenvalue weighted by atomic mass is 10.2. The third-order valence-electron chi connectivity index (χ3n) is 2.42. The summed E-state index contributed by atoms with van der Waals surface area (Å²) in [5.41, 5.74) is 1.44. The maximum atomic E-state index is 11.3. The number of aromatic amines is 1. The lowest BCUT2D eigenvalue weighted by molar-refractivity contribution is -0.385. The highest BCUT2D eigenvalue weighted by Gasteiger charge is 2.14. The predicted molar refractivity (Wildman–Crippen MR) is 54.9 cm³/mol. The van der Waals surface area contributed by atoms with Crippen molar-refractivity contribution in [2.45, 2.75) is 6.92 Å². The van der Waals surface area contributed by atoms with Gasteiger partial charge in [-0.3, -0.25) is 14.7 Å². The smallest absolute Gasteiger partial charge is 0.305 e. The average molecular weight is 207 g/mol. The molecule has 0 aliphatic rings. The summed E-state index contributed by atoms with van der Waals surface area (Å²) < 4.78 is 1.42. The zero-order valence-corrected chi connectivity index (χ0v) is 8.27. The van der Waals surface area contributed by atoms with Crippen LogP contribution in [-0.2, 0) is 7.05 Å². The molecule has 1 aromatic heterocycles. The maximum Gasteiger partial charge on any atom is 0.326 e. The highest BCUT2D eigenvalue weighted by atomic mass is 16.6. The van der Waals surface area contributed by atoms with E-state index in [9.17, 15) is 14.9 Å². The van der Waals surface area contributed by atoms with Crippen molar-refractivity contribution in [3.63, 3.8) is 0 Å². The number of aryl methyl sites for hydroxylation is 2. The van der Waals surface area contributed by atoms with Crippen LogP contribution in [0.4, 0.5) is 5.69 Å². The summed E-state index contributed by atoms with van der Waals surface area (Å²) in [6, 6.07) is 3.01. The van der Waals surface area contributed by atoms with Crippen molar-refractivity contribution < 1.29 is 4.92 Å². The Hall–Kier alpha value is -2.11. The number of H-pyrrole nitrogens is 1. The molecule has 0 radical (unpaired) electrons. The molecule has 0 aliphatic carbocycles. The fourth-order valence-electron chi connectivity index (χ4n) is 1.56. The number of rotatable bonds is 1. The van der Waals surface area contributed by atoms with E-state index in [1.807, 2.05) is 0 Å². The highest BCUT2D eigenvalue weighted by molar-refractivity contribution is 5.79. The highest BCUT2D eigenvalue weighted by Crippen LogP contribution is 2.22. The van der Waals surface area contributed by atoms with Crippen molar-refractivity contribution in [2.24, 2.45) is 7.05 Å². The second-order valence-electron chi connectivity index (χ2n) is 3.40. The number of nitro groups is 1. The molecule has 0 spiro atoms. The van der Waals surface area contributed by atoms with E-state index in [1.165, 1.54) is 10.6 Å². The molecule has 0 atom stereocenters. The third-order valence-corrected chi connectivity index (χ3v) is 2.42. The van der Waals surface area contributed by atoms with E-state index < -0.39 is 4.92 Å². The first-order chi connectivity index (χ1) is 7.00. The van der Waals surface area contributed by atoms with Gasteiger partial charge in [-0.2, -0.15) is 0 Å². The molecule has 0 amide bonds. The van der Waals surface area contributed by atoms with E-state index in [1.54, 1.807) is 20.0 Å². The Morgan fingerprint density at radius 1 is 1.47 bits per heavy atom. The predicted octanol–water partition coefficient (Wildman–Crippen LogP) is 1.08. The minimum Gasteiger partial charge on any atom is -0.305 e. The fraction of sp³-hybridized carbons (Fsp3) is 0.222. The molecule has 1 heterocycles. The van der Waals surface area contributed by atoms with E-state index >= 15 is 0 Å². The summed E-state index contributed by atoms with van der Waals surface area (Å²) >= 11 is 0. The molecule has 0 aliphatic heterocycles. The maximum absolute atomic E-state index is 11.3. The lowest BCUT2D eigenvalue weighted by Crippen LogP contribution is -2.11. The molecule has 1 aromatic carbocycles. The molecule has 0 unspecified atom stereocenters. The number of hydrogen-bond acceptors (Lipinski definition) is 3. The van der Waals surface area contributed by atoms with E-state index in [-0.39, 0.29) is 11.4 Å².